The third-order valence-corrected chi connectivity index (χ3v) is 2.22. The van der Waals surface area contributed by atoms with Crippen LogP contribution in [-0.4, -0.2) is 16.6 Å². The minimum absolute atomic E-state index is 0.203. The van der Waals surface area contributed by atoms with Crippen LogP contribution in [0.4, 0.5) is 4.39 Å². The van der Waals surface area contributed by atoms with E-state index in [1.54, 1.807) is 19.1 Å². The Balaban J connectivity index is 2.34. The number of aromatic amines is 1. The van der Waals surface area contributed by atoms with Gasteiger partial charge in [0.2, 0.25) is 5.82 Å². The summed E-state index contributed by atoms with van der Waals surface area (Å²) in [6, 6.07) is 6.49. The van der Waals surface area contributed by atoms with E-state index in [0.717, 1.165) is 0 Å². The minimum atomic E-state index is -0.433. The molecule has 0 saturated carbocycles. The lowest BCUT2D eigenvalue weighted by Crippen LogP contribution is -1.94. The molecule has 0 fully saturated rings. The molecule has 0 unspecified atom stereocenters. The number of imidazole rings is 1. The van der Waals surface area contributed by atoms with Crippen molar-refractivity contribution < 1.29 is 9.13 Å². The van der Waals surface area contributed by atoms with Crippen molar-refractivity contribution >= 4 is 0 Å². The number of hydrogen-bond acceptors (Lipinski definition) is 3. The zero-order chi connectivity index (χ0) is 12.3. The van der Waals surface area contributed by atoms with Crippen molar-refractivity contribution in [3.63, 3.8) is 0 Å². The summed E-state index contributed by atoms with van der Waals surface area (Å²) in [5.41, 5.74) is 1.23. The zero-order valence-electron chi connectivity index (χ0n) is 9.20. The molecule has 0 amide bonds. The first kappa shape index (κ1) is 11.1. The van der Waals surface area contributed by atoms with Crippen LogP contribution in [0.3, 0.4) is 0 Å². The molecule has 0 aliphatic carbocycles. The Hall–Kier alpha value is -2.35. The summed E-state index contributed by atoms with van der Waals surface area (Å²) in [4.78, 5) is 6.61. The van der Waals surface area contributed by atoms with E-state index in [0.29, 0.717) is 17.9 Å². The standard InChI is InChI=1S/C12H10FN3O/c1-2-17-11-4-3-8(5-9(11)13)10-7-15-12(6-14)16-10/h3-5,7H,2H2,1H3,(H,15,16). The van der Waals surface area contributed by atoms with Crippen LogP contribution in [0.5, 0.6) is 5.75 Å². The maximum atomic E-state index is 13.6. The van der Waals surface area contributed by atoms with E-state index in [2.05, 4.69) is 9.97 Å². The second kappa shape index (κ2) is 4.66. The van der Waals surface area contributed by atoms with Crippen molar-refractivity contribution in [2.75, 3.05) is 6.61 Å². The molecule has 1 heterocycles. The molecule has 17 heavy (non-hydrogen) atoms. The second-order valence-electron chi connectivity index (χ2n) is 3.34. The fraction of sp³-hybridized carbons (Fsp3) is 0.167. The maximum absolute atomic E-state index is 13.6. The van der Waals surface area contributed by atoms with Crippen LogP contribution in [0.2, 0.25) is 0 Å². The maximum Gasteiger partial charge on any atom is 0.210 e. The van der Waals surface area contributed by atoms with Crippen molar-refractivity contribution in [2.45, 2.75) is 6.92 Å². The van der Waals surface area contributed by atoms with Gasteiger partial charge < -0.3 is 9.72 Å². The Morgan fingerprint density at radius 2 is 2.35 bits per heavy atom. The van der Waals surface area contributed by atoms with Crippen LogP contribution in [0.1, 0.15) is 12.7 Å². The van der Waals surface area contributed by atoms with E-state index in [1.807, 2.05) is 6.07 Å². The van der Waals surface area contributed by atoms with Gasteiger partial charge in [0, 0.05) is 5.56 Å². The molecule has 4 nitrogen and oxygen atoms in total. The Morgan fingerprint density at radius 3 is 2.94 bits per heavy atom. The highest BCUT2D eigenvalue weighted by Crippen LogP contribution is 2.24. The fourth-order valence-corrected chi connectivity index (χ4v) is 1.47. The van der Waals surface area contributed by atoms with Crippen LogP contribution in [0.25, 0.3) is 11.3 Å². The molecule has 2 rings (SSSR count). The normalized spacial score (nSPS) is 9.94. The van der Waals surface area contributed by atoms with Gasteiger partial charge in [0.25, 0.3) is 0 Å². The van der Waals surface area contributed by atoms with Crippen molar-refractivity contribution in [3.8, 4) is 23.1 Å². The first-order chi connectivity index (χ1) is 8.24. The van der Waals surface area contributed by atoms with Crippen molar-refractivity contribution in [1.29, 1.82) is 5.26 Å². The van der Waals surface area contributed by atoms with Gasteiger partial charge in [-0.05, 0) is 25.1 Å². The molecule has 0 aliphatic heterocycles. The molecule has 0 bridgehead atoms. The molecule has 1 N–H and O–H groups in total. The Kier molecular flexibility index (Phi) is 3.06. The van der Waals surface area contributed by atoms with Gasteiger partial charge in [0.15, 0.2) is 11.6 Å². The topological polar surface area (TPSA) is 61.7 Å². The molecular weight excluding hydrogens is 221 g/mol. The fourth-order valence-electron chi connectivity index (χ4n) is 1.47. The highest BCUT2D eigenvalue weighted by Gasteiger charge is 2.07. The van der Waals surface area contributed by atoms with E-state index in [1.165, 1.54) is 12.3 Å². The van der Waals surface area contributed by atoms with E-state index in [4.69, 9.17) is 10.00 Å². The number of nitriles is 1. The molecule has 0 atom stereocenters. The Bertz CT molecular complexity index is 571. The SMILES string of the molecule is CCOc1ccc(-c2cnc(C#N)[nH]2)cc1F. The van der Waals surface area contributed by atoms with Gasteiger partial charge in [-0.15, -0.1) is 0 Å². The predicted molar refractivity (Wildman–Crippen MR) is 59.9 cm³/mol. The summed E-state index contributed by atoms with van der Waals surface area (Å²) in [5, 5.41) is 8.63. The number of H-pyrrole nitrogens is 1. The molecule has 5 heteroatoms. The molecule has 0 aliphatic rings. The summed E-state index contributed by atoms with van der Waals surface area (Å²) in [7, 11) is 0. The average molecular weight is 231 g/mol. The van der Waals surface area contributed by atoms with Gasteiger partial charge in [-0.2, -0.15) is 5.26 Å². The average Bonchev–Trinajstić information content (AvgIpc) is 2.80. The summed E-state index contributed by atoms with van der Waals surface area (Å²) < 4.78 is 18.7. The molecular formula is C12H10FN3O. The lowest BCUT2D eigenvalue weighted by atomic mass is 10.1. The van der Waals surface area contributed by atoms with Crippen LogP contribution >= 0.6 is 0 Å². The summed E-state index contributed by atoms with van der Waals surface area (Å²) in [6.45, 7) is 2.21. The lowest BCUT2D eigenvalue weighted by molar-refractivity contribution is 0.321. The van der Waals surface area contributed by atoms with Crippen molar-refractivity contribution in [2.24, 2.45) is 0 Å². The third-order valence-electron chi connectivity index (χ3n) is 2.22. The van der Waals surface area contributed by atoms with Crippen LogP contribution in [0.15, 0.2) is 24.4 Å². The van der Waals surface area contributed by atoms with E-state index in [-0.39, 0.29) is 11.6 Å². The van der Waals surface area contributed by atoms with Crippen molar-refractivity contribution in [3.05, 3.63) is 36.0 Å². The molecule has 1 aromatic heterocycles. The smallest absolute Gasteiger partial charge is 0.210 e. The summed E-state index contributed by atoms with van der Waals surface area (Å²) >= 11 is 0. The monoisotopic (exact) mass is 231 g/mol. The van der Waals surface area contributed by atoms with Crippen molar-refractivity contribution in [1.82, 2.24) is 9.97 Å². The number of hydrogen-bond donors (Lipinski definition) is 1. The van der Waals surface area contributed by atoms with Crippen LogP contribution in [-0.2, 0) is 0 Å². The molecule has 86 valence electrons. The highest BCUT2D eigenvalue weighted by molar-refractivity contribution is 5.60. The van der Waals surface area contributed by atoms with E-state index < -0.39 is 5.82 Å². The molecule has 0 saturated heterocycles. The minimum Gasteiger partial charge on any atom is -0.491 e. The number of aromatic nitrogens is 2. The van der Waals surface area contributed by atoms with E-state index in [9.17, 15) is 4.39 Å². The number of nitrogens with one attached hydrogen (secondary N) is 1. The van der Waals surface area contributed by atoms with Gasteiger partial charge in [-0.25, -0.2) is 9.37 Å². The quantitative estimate of drug-likeness (QED) is 0.882. The number of ether oxygens (including phenoxy) is 1. The lowest BCUT2D eigenvalue weighted by Gasteiger charge is -2.05. The molecule has 0 spiro atoms. The zero-order valence-corrected chi connectivity index (χ0v) is 9.20. The van der Waals surface area contributed by atoms with Crippen LogP contribution < -0.4 is 4.74 Å². The van der Waals surface area contributed by atoms with Gasteiger partial charge in [0.05, 0.1) is 18.5 Å². The number of rotatable bonds is 3. The van der Waals surface area contributed by atoms with Gasteiger partial charge in [0.1, 0.15) is 6.07 Å². The largest absolute Gasteiger partial charge is 0.491 e. The molecule has 2 aromatic rings. The first-order valence-corrected chi connectivity index (χ1v) is 5.12. The van der Waals surface area contributed by atoms with Gasteiger partial charge in [-0.3, -0.25) is 0 Å². The molecule has 0 radical (unpaired) electrons. The second-order valence-corrected chi connectivity index (χ2v) is 3.34. The van der Waals surface area contributed by atoms with Gasteiger partial charge in [-0.1, -0.05) is 0 Å². The molecule has 1 aromatic carbocycles. The van der Waals surface area contributed by atoms with E-state index >= 15 is 0 Å². The van der Waals surface area contributed by atoms with Gasteiger partial charge >= 0.3 is 0 Å². The number of halogens is 1. The third kappa shape index (κ3) is 2.26. The van der Waals surface area contributed by atoms with Crippen LogP contribution in [0, 0.1) is 17.1 Å². The Labute approximate surface area is 97.7 Å². The Morgan fingerprint density at radius 1 is 1.53 bits per heavy atom. The first-order valence-electron chi connectivity index (χ1n) is 5.12. The number of nitrogens with zero attached hydrogens (tertiary/aromatic N) is 2. The predicted octanol–water partition coefficient (Wildman–Crippen LogP) is 2.49. The highest BCUT2D eigenvalue weighted by atomic mass is 19.1. The summed E-state index contributed by atoms with van der Waals surface area (Å²) in [5.74, 6) is -0.0111. The number of benzene rings is 1. The summed E-state index contributed by atoms with van der Waals surface area (Å²) in [6.07, 6.45) is 1.49.